The molecule has 6 heteroatoms. The Morgan fingerprint density at radius 2 is 1.84 bits per heavy atom. The highest BCUT2D eigenvalue weighted by Gasteiger charge is 2.16. The van der Waals surface area contributed by atoms with Gasteiger partial charge in [-0.2, -0.15) is 12.7 Å². The zero-order valence-electron chi connectivity index (χ0n) is 11.6. The minimum Gasteiger partial charge on any atom is -0.317 e. The lowest BCUT2D eigenvalue weighted by Gasteiger charge is -2.18. The average Bonchev–Trinajstić information content (AvgIpc) is 2.39. The van der Waals surface area contributed by atoms with Crippen LogP contribution in [0.3, 0.4) is 0 Å². The molecule has 0 spiro atoms. The van der Waals surface area contributed by atoms with Crippen molar-refractivity contribution in [3.8, 4) is 0 Å². The minimum atomic E-state index is -3.45. The van der Waals surface area contributed by atoms with E-state index in [0.717, 1.165) is 25.9 Å². The lowest BCUT2D eigenvalue weighted by Crippen LogP contribution is -2.34. The van der Waals surface area contributed by atoms with Crippen LogP contribution in [-0.2, 0) is 10.2 Å². The summed E-state index contributed by atoms with van der Waals surface area (Å²) < 4.78 is 27.9. The standard InChI is InChI=1S/C13H23N3O2S/c1-3-10-14-11-7-12-16(2)19(17,18)15-13-8-5-4-6-9-13/h4-6,8-9,14-15H,3,7,10-12H2,1-2H3. The molecule has 0 amide bonds. The van der Waals surface area contributed by atoms with Crippen LogP contribution in [0.15, 0.2) is 30.3 Å². The van der Waals surface area contributed by atoms with Crippen LogP contribution in [0.1, 0.15) is 19.8 Å². The molecule has 0 fully saturated rings. The lowest BCUT2D eigenvalue weighted by molar-refractivity contribution is 0.458. The zero-order valence-corrected chi connectivity index (χ0v) is 12.4. The monoisotopic (exact) mass is 285 g/mol. The normalized spacial score (nSPS) is 11.7. The number of nitrogens with one attached hydrogen (secondary N) is 2. The van der Waals surface area contributed by atoms with Crippen molar-refractivity contribution in [3.05, 3.63) is 30.3 Å². The Balaban J connectivity index is 2.39. The zero-order chi connectivity index (χ0) is 14.1. The molecule has 0 saturated heterocycles. The van der Waals surface area contributed by atoms with Crippen molar-refractivity contribution in [3.63, 3.8) is 0 Å². The van der Waals surface area contributed by atoms with Crippen LogP contribution < -0.4 is 10.0 Å². The van der Waals surface area contributed by atoms with Gasteiger partial charge in [0.2, 0.25) is 0 Å². The summed E-state index contributed by atoms with van der Waals surface area (Å²) in [5.74, 6) is 0. The average molecular weight is 285 g/mol. The van der Waals surface area contributed by atoms with E-state index in [4.69, 9.17) is 0 Å². The number of rotatable bonds is 9. The number of nitrogens with zero attached hydrogens (tertiary/aromatic N) is 1. The molecule has 0 aliphatic rings. The van der Waals surface area contributed by atoms with Crippen molar-refractivity contribution in [2.45, 2.75) is 19.8 Å². The summed E-state index contributed by atoms with van der Waals surface area (Å²) in [4.78, 5) is 0. The van der Waals surface area contributed by atoms with Gasteiger partial charge in [-0.25, -0.2) is 0 Å². The molecule has 0 unspecified atom stereocenters. The van der Waals surface area contributed by atoms with Crippen molar-refractivity contribution in [2.24, 2.45) is 0 Å². The van der Waals surface area contributed by atoms with Gasteiger partial charge in [-0.3, -0.25) is 4.72 Å². The molecular formula is C13H23N3O2S. The Hall–Kier alpha value is -1.11. The van der Waals surface area contributed by atoms with Gasteiger partial charge in [0, 0.05) is 19.3 Å². The second-order valence-corrected chi connectivity index (χ2v) is 6.18. The van der Waals surface area contributed by atoms with Crippen LogP contribution in [0.4, 0.5) is 5.69 Å². The fraction of sp³-hybridized carbons (Fsp3) is 0.538. The van der Waals surface area contributed by atoms with Gasteiger partial charge in [0.05, 0.1) is 0 Å². The Morgan fingerprint density at radius 1 is 1.16 bits per heavy atom. The van der Waals surface area contributed by atoms with E-state index in [0.29, 0.717) is 12.2 Å². The number of benzene rings is 1. The predicted octanol–water partition coefficient (Wildman–Crippen LogP) is 1.66. The van der Waals surface area contributed by atoms with Gasteiger partial charge in [-0.05, 0) is 38.1 Å². The maximum absolute atomic E-state index is 12.0. The van der Waals surface area contributed by atoms with Crippen molar-refractivity contribution in [1.29, 1.82) is 0 Å². The SMILES string of the molecule is CCCNCCCN(C)S(=O)(=O)Nc1ccccc1. The van der Waals surface area contributed by atoms with E-state index in [9.17, 15) is 8.42 Å². The molecule has 2 N–H and O–H groups in total. The van der Waals surface area contributed by atoms with Crippen LogP contribution >= 0.6 is 0 Å². The minimum absolute atomic E-state index is 0.499. The molecule has 108 valence electrons. The van der Waals surface area contributed by atoms with E-state index in [1.54, 1.807) is 31.3 Å². The first-order chi connectivity index (χ1) is 9.06. The fourth-order valence-corrected chi connectivity index (χ4v) is 2.54. The highest BCUT2D eigenvalue weighted by molar-refractivity contribution is 7.90. The number of hydrogen-bond acceptors (Lipinski definition) is 3. The summed E-state index contributed by atoms with van der Waals surface area (Å²) in [5, 5.41) is 3.25. The largest absolute Gasteiger partial charge is 0.317 e. The van der Waals surface area contributed by atoms with E-state index in [1.807, 2.05) is 6.07 Å². The van der Waals surface area contributed by atoms with Gasteiger partial charge in [0.25, 0.3) is 0 Å². The summed E-state index contributed by atoms with van der Waals surface area (Å²) in [6.45, 7) is 4.41. The summed E-state index contributed by atoms with van der Waals surface area (Å²) >= 11 is 0. The first-order valence-corrected chi connectivity index (χ1v) is 8.00. The van der Waals surface area contributed by atoms with Gasteiger partial charge in [0.15, 0.2) is 0 Å². The molecule has 0 radical (unpaired) electrons. The Labute approximate surface area is 116 Å². The van der Waals surface area contributed by atoms with E-state index in [2.05, 4.69) is 17.0 Å². The molecule has 0 heterocycles. The Bertz CT molecular complexity index is 448. The maximum Gasteiger partial charge on any atom is 0.301 e. The lowest BCUT2D eigenvalue weighted by atomic mass is 10.3. The molecule has 1 aromatic rings. The van der Waals surface area contributed by atoms with Gasteiger partial charge in [-0.1, -0.05) is 25.1 Å². The third-order valence-corrected chi connectivity index (χ3v) is 4.18. The van der Waals surface area contributed by atoms with Crippen molar-refractivity contribution in [1.82, 2.24) is 9.62 Å². The van der Waals surface area contributed by atoms with E-state index in [-0.39, 0.29) is 0 Å². The Kier molecular flexibility index (Phi) is 6.83. The van der Waals surface area contributed by atoms with Gasteiger partial charge < -0.3 is 5.32 Å². The van der Waals surface area contributed by atoms with Gasteiger partial charge >= 0.3 is 10.2 Å². The van der Waals surface area contributed by atoms with Gasteiger partial charge in [0.1, 0.15) is 0 Å². The van der Waals surface area contributed by atoms with E-state index < -0.39 is 10.2 Å². The third kappa shape index (κ3) is 6.04. The van der Waals surface area contributed by atoms with E-state index >= 15 is 0 Å². The molecule has 0 aliphatic carbocycles. The third-order valence-electron chi connectivity index (χ3n) is 2.68. The summed E-state index contributed by atoms with van der Waals surface area (Å²) in [6.07, 6.45) is 1.88. The van der Waals surface area contributed by atoms with Crippen LogP contribution in [0.2, 0.25) is 0 Å². The smallest absolute Gasteiger partial charge is 0.301 e. The first-order valence-electron chi connectivity index (χ1n) is 6.56. The van der Waals surface area contributed by atoms with Crippen LogP contribution in [-0.4, -0.2) is 39.4 Å². The topological polar surface area (TPSA) is 61.4 Å². The summed E-state index contributed by atoms with van der Waals surface area (Å²) in [5.41, 5.74) is 0.582. The first kappa shape index (κ1) is 15.9. The molecule has 0 saturated carbocycles. The maximum atomic E-state index is 12.0. The molecule has 1 rings (SSSR count). The Morgan fingerprint density at radius 3 is 2.47 bits per heavy atom. The van der Waals surface area contributed by atoms with E-state index in [1.165, 1.54) is 4.31 Å². The number of anilines is 1. The highest BCUT2D eigenvalue weighted by Crippen LogP contribution is 2.09. The highest BCUT2D eigenvalue weighted by atomic mass is 32.2. The van der Waals surface area contributed by atoms with Crippen molar-refractivity contribution in [2.75, 3.05) is 31.4 Å². The van der Waals surface area contributed by atoms with Crippen LogP contribution in [0.5, 0.6) is 0 Å². The molecule has 0 atom stereocenters. The molecule has 19 heavy (non-hydrogen) atoms. The van der Waals surface area contributed by atoms with Crippen molar-refractivity contribution >= 4 is 15.9 Å². The summed E-state index contributed by atoms with van der Waals surface area (Å²) in [6, 6.07) is 8.91. The van der Waals surface area contributed by atoms with Crippen molar-refractivity contribution < 1.29 is 8.42 Å². The molecule has 5 nitrogen and oxygen atoms in total. The van der Waals surface area contributed by atoms with Gasteiger partial charge in [-0.15, -0.1) is 0 Å². The van der Waals surface area contributed by atoms with Crippen LogP contribution in [0.25, 0.3) is 0 Å². The number of hydrogen-bond donors (Lipinski definition) is 2. The molecule has 0 aromatic heterocycles. The van der Waals surface area contributed by atoms with Crippen LogP contribution in [0, 0.1) is 0 Å². The molecular weight excluding hydrogens is 262 g/mol. The second-order valence-electron chi connectivity index (χ2n) is 4.40. The predicted molar refractivity (Wildman–Crippen MR) is 79.4 cm³/mol. The molecule has 0 bridgehead atoms. The quantitative estimate of drug-likeness (QED) is 0.678. The molecule has 1 aromatic carbocycles. The second kappa shape index (κ2) is 8.14. The summed E-state index contributed by atoms with van der Waals surface area (Å²) in [7, 11) is -1.86. The molecule has 0 aliphatic heterocycles. The number of para-hydroxylation sites is 1. The fourth-order valence-electron chi connectivity index (χ4n) is 1.58.